The zero-order valence-electron chi connectivity index (χ0n) is 11.7. The van der Waals surface area contributed by atoms with Crippen LogP contribution in [0.5, 0.6) is 0 Å². The van der Waals surface area contributed by atoms with Crippen LogP contribution in [0.4, 0.5) is 11.8 Å². The molecule has 3 rings (SSSR count). The summed E-state index contributed by atoms with van der Waals surface area (Å²) in [7, 11) is 0. The number of nitrogens with one attached hydrogen (secondary N) is 2. The first-order valence-electron chi connectivity index (χ1n) is 7.24. The van der Waals surface area contributed by atoms with Crippen molar-refractivity contribution in [3.8, 4) is 0 Å². The van der Waals surface area contributed by atoms with Crippen LogP contribution < -0.4 is 10.6 Å². The predicted molar refractivity (Wildman–Crippen MR) is 84.5 cm³/mol. The molecule has 0 radical (unpaired) electrons. The van der Waals surface area contributed by atoms with Gasteiger partial charge in [-0.1, -0.05) is 36.6 Å². The van der Waals surface area contributed by atoms with Crippen molar-refractivity contribution in [3.63, 3.8) is 0 Å². The van der Waals surface area contributed by atoms with E-state index in [9.17, 15) is 0 Å². The Morgan fingerprint density at radius 2 is 1.90 bits per heavy atom. The van der Waals surface area contributed by atoms with Gasteiger partial charge >= 0.3 is 0 Å². The predicted octanol–water partition coefficient (Wildman–Crippen LogP) is 3.49. The quantitative estimate of drug-likeness (QED) is 0.885. The fourth-order valence-electron chi connectivity index (χ4n) is 2.51. The smallest absolute Gasteiger partial charge is 0.244 e. The Morgan fingerprint density at radius 3 is 2.67 bits per heavy atom. The number of benzene rings is 1. The number of halogens is 1. The van der Waals surface area contributed by atoms with E-state index >= 15 is 0 Å². The molecule has 1 aromatic heterocycles. The van der Waals surface area contributed by atoms with Crippen LogP contribution in [-0.2, 0) is 6.54 Å². The van der Waals surface area contributed by atoms with E-state index in [1.54, 1.807) is 6.20 Å². The van der Waals surface area contributed by atoms with Crippen LogP contribution in [0.3, 0.4) is 0 Å². The zero-order valence-corrected chi connectivity index (χ0v) is 12.5. The molecule has 0 spiro atoms. The molecule has 6 heteroatoms. The van der Waals surface area contributed by atoms with E-state index in [1.807, 2.05) is 24.3 Å². The maximum Gasteiger partial charge on any atom is 0.244 e. The van der Waals surface area contributed by atoms with E-state index in [0.29, 0.717) is 18.5 Å². The lowest BCUT2D eigenvalue weighted by molar-refractivity contribution is 0.746. The van der Waals surface area contributed by atoms with Gasteiger partial charge in [0, 0.05) is 17.6 Å². The van der Waals surface area contributed by atoms with Crippen molar-refractivity contribution in [2.45, 2.75) is 38.3 Å². The van der Waals surface area contributed by atoms with E-state index in [4.69, 9.17) is 11.6 Å². The third-order valence-electron chi connectivity index (χ3n) is 3.63. The molecule has 1 aromatic carbocycles. The summed E-state index contributed by atoms with van der Waals surface area (Å²) in [5.41, 5.74) is 1.12. The van der Waals surface area contributed by atoms with E-state index in [1.165, 1.54) is 25.7 Å². The SMILES string of the molecule is Clc1ccc(CNc2nncc(NC3CCCC3)n2)cc1. The van der Waals surface area contributed by atoms with Gasteiger partial charge in [0.2, 0.25) is 5.95 Å². The van der Waals surface area contributed by atoms with Gasteiger partial charge in [-0.2, -0.15) is 10.1 Å². The van der Waals surface area contributed by atoms with Crippen molar-refractivity contribution in [1.82, 2.24) is 15.2 Å². The second-order valence-electron chi connectivity index (χ2n) is 5.27. The molecule has 0 bridgehead atoms. The normalized spacial score (nSPS) is 15.1. The van der Waals surface area contributed by atoms with Gasteiger partial charge in [-0.3, -0.25) is 0 Å². The van der Waals surface area contributed by atoms with E-state index < -0.39 is 0 Å². The molecule has 0 unspecified atom stereocenters. The minimum absolute atomic E-state index is 0.519. The van der Waals surface area contributed by atoms with Crippen molar-refractivity contribution in [1.29, 1.82) is 0 Å². The second-order valence-corrected chi connectivity index (χ2v) is 5.71. The van der Waals surface area contributed by atoms with Crippen molar-refractivity contribution >= 4 is 23.4 Å². The van der Waals surface area contributed by atoms with Crippen LogP contribution in [0.2, 0.25) is 5.02 Å². The third kappa shape index (κ3) is 4.04. The average molecular weight is 304 g/mol. The van der Waals surface area contributed by atoms with Crippen LogP contribution in [-0.4, -0.2) is 21.2 Å². The molecule has 2 aromatic rings. The highest BCUT2D eigenvalue weighted by Gasteiger charge is 2.15. The summed E-state index contributed by atoms with van der Waals surface area (Å²) < 4.78 is 0. The monoisotopic (exact) mass is 303 g/mol. The topological polar surface area (TPSA) is 62.7 Å². The fourth-order valence-corrected chi connectivity index (χ4v) is 2.64. The first-order valence-corrected chi connectivity index (χ1v) is 7.62. The first kappa shape index (κ1) is 14.1. The van der Waals surface area contributed by atoms with Crippen molar-refractivity contribution in [3.05, 3.63) is 41.0 Å². The first-order chi connectivity index (χ1) is 10.3. The summed E-state index contributed by atoms with van der Waals surface area (Å²) >= 11 is 5.87. The van der Waals surface area contributed by atoms with Gasteiger partial charge < -0.3 is 10.6 Å². The van der Waals surface area contributed by atoms with Crippen LogP contribution in [0.25, 0.3) is 0 Å². The molecule has 0 saturated heterocycles. The van der Waals surface area contributed by atoms with Gasteiger partial charge in [0.1, 0.15) is 0 Å². The summed E-state index contributed by atoms with van der Waals surface area (Å²) in [4.78, 5) is 4.45. The van der Waals surface area contributed by atoms with Gasteiger partial charge in [-0.15, -0.1) is 5.10 Å². The number of rotatable bonds is 5. The Morgan fingerprint density at radius 1 is 1.14 bits per heavy atom. The lowest BCUT2D eigenvalue weighted by Gasteiger charge is -2.12. The lowest BCUT2D eigenvalue weighted by Crippen LogP contribution is -2.16. The molecular weight excluding hydrogens is 286 g/mol. The Hall–Kier alpha value is -1.88. The Labute approximate surface area is 129 Å². The largest absolute Gasteiger partial charge is 0.366 e. The molecule has 1 aliphatic rings. The molecule has 5 nitrogen and oxygen atoms in total. The van der Waals surface area contributed by atoms with Gasteiger partial charge in [0.25, 0.3) is 0 Å². The van der Waals surface area contributed by atoms with Crippen molar-refractivity contribution in [2.75, 3.05) is 10.6 Å². The summed E-state index contributed by atoms with van der Waals surface area (Å²) in [5.74, 6) is 1.32. The average Bonchev–Trinajstić information content (AvgIpc) is 3.00. The molecule has 1 heterocycles. The maximum atomic E-state index is 5.87. The second kappa shape index (κ2) is 6.72. The standard InChI is InChI=1S/C15H18ClN5/c16-12-7-5-11(6-8-12)9-17-15-20-14(10-18-21-15)19-13-3-1-2-4-13/h5-8,10,13H,1-4,9H2,(H2,17,19,20,21). The van der Waals surface area contributed by atoms with Crippen LogP contribution >= 0.6 is 11.6 Å². The summed E-state index contributed by atoms with van der Waals surface area (Å²) in [6, 6.07) is 8.21. The third-order valence-corrected chi connectivity index (χ3v) is 3.88. The van der Waals surface area contributed by atoms with Gasteiger partial charge in [0.05, 0.1) is 6.20 Å². The Kier molecular flexibility index (Phi) is 4.50. The molecule has 0 atom stereocenters. The number of nitrogens with zero attached hydrogens (tertiary/aromatic N) is 3. The van der Waals surface area contributed by atoms with Gasteiger partial charge in [-0.05, 0) is 30.5 Å². The van der Waals surface area contributed by atoms with Crippen LogP contribution in [0.1, 0.15) is 31.2 Å². The number of aromatic nitrogens is 3. The molecule has 21 heavy (non-hydrogen) atoms. The Balaban J connectivity index is 1.58. The fraction of sp³-hybridized carbons (Fsp3) is 0.400. The molecule has 0 aliphatic heterocycles. The van der Waals surface area contributed by atoms with E-state index in [0.717, 1.165) is 16.4 Å². The molecule has 0 amide bonds. The van der Waals surface area contributed by atoms with E-state index in [2.05, 4.69) is 25.8 Å². The number of hydrogen-bond donors (Lipinski definition) is 2. The van der Waals surface area contributed by atoms with Crippen molar-refractivity contribution in [2.24, 2.45) is 0 Å². The highest BCUT2D eigenvalue weighted by Crippen LogP contribution is 2.21. The highest BCUT2D eigenvalue weighted by atomic mass is 35.5. The zero-order chi connectivity index (χ0) is 14.5. The van der Waals surface area contributed by atoms with Crippen LogP contribution in [0.15, 0.2) is 30.5 Å². The molecule has 110 valence electrons. The van der Waals surface area contributed by atoms with Gasteiger partial charge in [0.15, 0.2) is 5.82 Å². The minimum atomic E-state index is 0.519. The van der Waals surface area contributed by atoms with Crippen LogP contribution in [0, 0.1) is 0 Å². The van der Waals surface area contributed by atoms with Gasteiger partial charge in [-0.25, -0.2) is 0 Å². The lowest BCUT2D eigenvalue weighted by atomic mass is 10.2. The van der Waals surface area contributed by atoms with Crippen molar-refractivity contribution < 1.29 is 0 Å². The molecular formula is C15H18ClN5. The maximum absolute atomic E-state index is 5.87. The molecule has 1 fully saturated rings. The molecule has 2 N–H and O–H groups in total. The number of anilines is 2. The van der Waals surface area contributed by atoms with E-state index in [-0.39, 0.29) is 0 Å². The summed E-state index contributed by atoms with van der Waals surface area (Å²) in [6.45, 7) is 0.645. The summed E-state index contributed by atoms with van der Waals surface area (Å²) in [5, 5.41) is 15.3. The minimum Gasteiger partial charge on any atom is -0.366 e. The molecule has 1 aliphatic carbocycles. The number of hydrogen-bond acceptors (Lipinski definition) is 5. The molecule has 1 saturated carbocycles. The summed E-state index contributed by atoms with van der Waals surface area (Å²) in [6.07, 6.45) is 6.66. The Bertz CT molecular complexity index is 581. The highest BCUT2D eigenvalue weighted by molar-refractivity contribution is 6.30.